The van der Waals surface area contributed by atoms with Crippen molar-refractivity contribution in [1.82, 2.24) is 5.32 Å². The number of anilines is 2. The summed E-state index contributed by atoms with van der Waals surface area (Å²) < 4.78 is 29.3. The molecule has 2 N–H and O–H groups in total. The third kappa shape index (κ3) is 5.35. The molecule has 0 radical (unpaired) electrons. The van der Waals surface area contributed by atoms with Crippen molar-refractivity contribution in [2.45, 2.75) is 58.5 Å². The third-order valence-corrected chi connectivity index (χ3v) is 7.94. The normalized spacial score (nSPS) is 13.5. The number of nitrogens with one attached hydrogen (secondary N) is 2. The molecule has 0 saturated heterocycles. The van der Waals surface area contributed by atoms with Crippen LogP contribution < -0.4 is 14.9 Å². The van der Waals surface area contributed by atoms with Crippen molar-refractivity contribution in [1.29, 1.82) is 0 Å². The van der Waals surface area contributed by atoms with E-state index in [1.165, 1.54) is 11.1 Å². The molecule has 184 valence electrons. The molecule has 0 spiro atoms. The number of carbonyl (C=O) groups excluding carboxylic acids is 1. The molecular weight excluding hydrogens is 458 g/mol. The zero-order valence-electron chi connectivity index (χ0n) is 21.0. The summed E-state index contributed by atoms with van der Waals surface area (Å²) in [5.41, 5.74) is 6.57. The Morgan fingerprint density at radius 1 is 0.943 bits per heavy atom. The topological polar surface area (TPSA) is 78.5 Å². The molecule has 0 bridgehead atoms. The van der Waals surface area contributed by atoms with Crippen LogP contribution in [-0.4, -0.2) is 26.9 Å². The molecule has 0 fully saturated rings. The number of hydrogen-bond donors (Lipinski definition) is 2. The van der Waals surface area contributed by atoms with Crippen LogP contribution in [0.2, 0.25) is 0 Å². The number of aryl methyl sites for hydroxylation is 3. The second kappa shape index (κ2) is 9.74. The zero-order chi connectivity index (χ0) is 25.3. The number of sulfonamides is 1. The Balaban J connectivity index is 1.71. The summed E-state index contributed by atoms with van der Waals surface area (Å²) in [6, 6.07) is 17.2. The van der Waals surface area contributed by atoms with Gasteiger partial charge in [-0.2, -0.15) is 0 Å². The molecule has 1 aliphatic rings. The zero-order valence-corrected chi connectivity index (χ0v) is 21.8. The Hall–Kier alpha value is -3.32. The molecular formula is C28H33N3O3S. The van der Waals surface area contributed by atoms with Crippen LogP contribution in [0, 0.1) is 20.8 Å². The van der Waals surface area contributed by atoms with E-state index in [-0.39, 0.29) is 16.8 Å². The van der Waals surface area contributed by atoms with Gasteiger partial charge in [-0.05, 0) is 81.5 Å². The van der Waals surface area contributed by atoms with Gasteiger partial charge in [-0.1, -0.05) is 42.0 Å². The SMILES string of the molecule is Cc1cc(C)c(S(=O)(=O)Nc2ccc(N3CCc4ccccc4C3)c(C(=O)NC(C)C)c2)c(C)c1. The van der Waals surface area contributed by atoms with Gasteiger partial charge >= 0.3 is 0 Å². The van der Waals surface area contributed by atoms with Gasteiger partial charge in [-0.25, -0.2) is 8.42 Å². The second-order valence-electron chi connectivity index (χ2n) is 9.63. The number of carbonyl (C=O) groups is 1. The average Bonchev–Trinajstić information content (AvgIpc) is 2.77. The summed E-state index contributed by atoms with van der Waals surface area (Å²) >= 11 is 0. The van der Waals surface area contributed by atoms with E-state index >= 15 is 0 Å². The molecule has 0 unspecified atom stereocenters. The molecule has 4 rings (SSSR count). The molecule has 3 aromatic rings. The first-order valence-corrected chi connectivity index (χ1v) is 13.4. The molecule has 6 nitrogen and oxygen atoms in total. The fraction of sp³-hybridized carbons (Fsp3) is 0.321. The minimum atomic E-state index is -3.83. The van der Waals surface area contributed by atoms with Crippen LogP contribution in [0.1, 0.15) is 52.0 Å². The van der Waals surface area contributed by atoms with Crippen molar-refractivity contribution < 1.29 is 13.2 Å². The van der Waals surface area contributed by atoms with Gasteiger partial charge in [0.15, 0.2) is 0 Å². The Morgan fingerprint density at radius 2 is 1.60 bits per heavy atom. The van der Waals surface area contributed by atoms with Crippen molar-refractivity contribution in [2.24, 2.45) is 0 Å². The lowest BCUT2D eigenvalue weighted by molar-refractivity contribution is 0.0943. The van der Waals surface area contributed by atoms with Gasteiger partial charge in [0.2, 0.25) is 0 Å². The highest BCUT2D eigenvalue weighted by Crippen LogP contribution is 2.31. The van der Waals surface area contributed by atoms with Gasteiger partial charge in [0.05, 0.1) is 10.5 Å². The standard InChI is InChI=1S/C28H33N3O3S/c1-18(2)29-28(32)25-16-24(30-35(33,34)27-20(4)14-19(3)15-21(27)5)10-11-26(25)31-13-12-22-8-6-7-9-23(22)17-31/h6-11,14-16,18,30H,12-13,17H2,1-5H3,(H,29,32). The van der Waals surface area contributed by atoms with Crippen molar-refractivity contribution in [3.8, 4) is 0 Å². The number of fused-ring (bicyclic) bond motifs is 1. The first-order valence-electron chi connectivity index (χ1n) is 11.9. The molecule has 0 aliphatic carbocycles. The number of benzene rings is 3. The Bertz CT molecular complexity index is 1360. The van der Waals surface area contributed by atoms with Crippen molar-refractivity contribution >= 4 is 27.3 Å². The van der Waals surface area contributed by atoms with E-state index < -0.39 is 10.0 Å². The highest BCUT2D eigenvalue weighted by Gasteiger charge is 2.24. The summed E-state index contributed by atoms with van der Waals surface area (Å²) in [5, 5.41) is 2.96. The molecule has 7 heteroatoms. The minimum absolute atomic E-state index is 0.0457. The van der Waals surface area contributed by atoms with E-state index in [1.54, 1.807) is 26.0 Å². The first-order chi connectivity index (χ1) is 16.5. The maximum atomic E-state index is 13.3. The van der Waals surface area contributed by atoms with Crippen molar-refractivity contribution in [3.63, 3.8) is 0 Å². The quantitative estimate of drug-likeness (QED) is 0.502. The van der Waals surface area contributed by atoms with Gasteiger partial charge in [-0.3, -0.25) is 9.52 Å². The van der Waals surface area contributed by atoms with Gasteiger partial charge < -0.3 is 10.2 Å². The number of rotatable bonds is 6. The molecule has 1 heterocycles. The second-order valence-corrected chi connectivity index (χ2v) is 11.3. The van der Waals surface area contributed by atoms with Gasteiger partial charge in [0, 0.05) is 30.5 Å². The Kier molecular flexibility index (Phi) is 6.90. The van der Waals surface area contributed by atoms with Gasteiger partial charge in [0.1, 0.15) is 0 Å². The van der Waals surface area contributed by atoms with E-state index in [2.05, 4.69) is 27.1 Å². The van der Waals surface area contributed by atoms with E-state index in [0.717, 1.165) is 24.2 Å². The van der Waals surface area contributed by atoms with E-state index in [1.807, 2.05) is 51.1 Å². The fourth-order valence-electron chi connectivity index (χ4n) is 4.90. The van der Waals surface area contributed by atoms with E-state index in [9.17, 15) is 13.2 Å². The van der Waals surface area contributed by atoms with Crippen molar-refractivity contribution in [3.05, 3.63) is 88.0 Å². The average molecular weight is 492 g/mol. The smallest absolute Gasteiger partial charge is 0.262 e. The number of hydrogen-bond acceptors (Lipinski definition) is 4. The molecule has 0 aromatic heterocycles. The maximum absolute atomic E-state index is 13.3. The lowest BCUT2D eigenvalue weighted by Crippen LogP contribution is -2.35. The molecule has 35 heavy (non-hydrogen) atoms. The van der Waals surface area contributed by atoms with Crippen LogP contribution in [0.5, 0.6) is 0 Å². The Labute approximate surface area is 208 Å². The van der Waals surface area contributed by atoms with Gasteiger partial charge in [-0.15, -0.1) is 0 Å². The van der Waals surface area contributed by atoms with E-state index in [4.69, 9.17) is 0 Å². The highest BCUT2D eigenvalue weighted by atomic mass is 32.2. The molecule has 1 aliphatic heterocycles. The summed E-state index contributed by atoms with van der Waals surface area (Å²) in [5.74, 6) is -0.224. The molecule has 0 atom stereocenters. The lowest BCUT2D eigenvalue weighted by Gasteiger charge is -2.32. The Morgan fingerprint density at radius 3 is 2.26 bits per heavy atom. The summed E-state index contributed by atoms with van der Waals surface area (Å²) in [6.07, 6.45) is 0.891. The number of nitrogens with zero attached hydrogens (tertiary/aromatic N) is 1. The van der Waals surface area contributed by atoms with Crippen LogP contribution >= 0.6 is 0 Å². The largest absolute Gasteiger partial charge is 0.366 e. The number of amides is 1. The summed E-state index contributed by atoms with van der Waals surface area (Å²) in [6.45, 7) is 10.8. The molecule has 3 aromatic carbocycles. The minimum Gasteiger partial charge on any atom is -0.366 e. The fourth-order valence-corrected chi connectivity index (χ4v) is 6.40. The summed E-state index contributed by atoms with van der Waals surface area (Å²) in [4.78, 5) is 15.6. The van der Waals surface area contributed by atoms with Crippen LogP contribution in [-0.2, 0) is 23.0 Å². The first kappa shape index (κ1) is 24.8. The van der Waals surface area contributed by atoms with Crippen molar-refractivity contribution in [2.75, 3.05) is 16.2 Å². The predicted molar refractivity (Wildman–Crippen MR) is 142 cm³/mol. The molecule has 0 saturated carbocycles. The van der Waals surface area contributed by atoms with Gasteiger partial charge in [0.25, 0.3) is 15.9 Å². The highest BCUT2D eigenvalue weighted by molar-refractivity contribution is 7.92. The van der Waals surface area contributed by atoms with Crippen LogP contribution in [0.3, 0.4) is 0 Å². The van der Waals surface area contributed by atoms with Crippen LogP contribution in [0.25, 0.3) is 0 Å². The predicted octanol–water partition coefficient (Wildman–Crippen LogP) is 5.11. The maximum Gasteiger partial charge on any atom is 0.262 e. The third-order valence-electron chi connectivity index (χ3n) is 6.26. The van der Waals surface area contributed by atoms with Crippen LogP contribution in [0.4, 0.5) is 11.4 Å². The molecule has 1 amide bonds. The van der Waals surface area contributed by atoms with Crippen LogP contribution in [0.15, 0.2) is 59.5 Å². The lowest BCUT2D eigenvalue weighted by atomic mass is 9.98. The summed E-state index contributed by atoms with van der Waals surface area (Å²) in [7, 11) is -3.83. The monoisotopic (exact) mass is 491 g/mol. The van der Waals surface area contributed by atoms with E-state index in [0.29, 0.717) is 28.9 Å².